The van der Waals surface area contributed by atoms with Crippen molar-refractivity contribution in [3.63, 3.8) is 0 Å². The van der Waals surface area contributed by atoms with E-state index in [1.807, 2.05) is 13.8 Å². The van der Waals surface area contributed by atoms with Crippen LogP contribution in [0.3, 0.4) is 0 Å². The van der Waals surface area contributed by atoms with Gasteiger partial charge in [-0.1, -0.05) is 23.3 Å². The molecule has 0 saturated carbocycles. The molecule has 1 N–H and O–H groups in total. The van der Waals surface area contributed by atoms with Gasteiger partial charge in [0.2, 0.25) is 0 Å². The Balaban J connectivity index is 3.71. The first-order chi connectivity index (χ1) is 6.56. The van der Waals surface area contributed by atoms with Gasteiger partial charge >= 0.3 is 5.97 Å². The normalized spacial score (nSPS) is 13.1. The van der Waals surface area contributed by atoms with Gasteiger partial charge in [-0.2, -0.15) is 0 Å². The smallest absolute Gasteiger partial charge is 0.303 e. The molecule has 2 heteroatoms. The molecule has 0 atom stereocenters. The Morgan fingerprint density at radius 2 is 1.79 bits per heavy atom. The van der Waals surface area contributed by atoms with Gasteiger partial charge in [-0.25, -0.2) is 0 Å². The van der Waals surface area contributed by atoms with Gasteiger partial charge in [-0.05, 0) is 40.0 Å². The molecule has 0 aromatic rings. The first-order valence-electron chi connectivity index (χ1n) is 5.05. The average molecular weight is 196 g/mol. The molecule has 0 aliphatic heterocycles. The van der Waals surface area contributed by atoms with Gasteiger partial charge in [-0.3, -0.25) is 4.79 Å². The molecule has 0 aliphatic rings. The van der Waals surface area contributed by atoms with Crippen molar-refractivity contribution in [2.75, 3.05) is 0 Å². The van der Waals surface area contributed by atoms with E-state index in [0.717, 1.165) is 12.8 Å². The quantitative estimate of drug-likeness (QED) is 0.660. The van der Waals surface area contributed by atoms with Crippen molar-refractivity contribution in [1.29, 1.82) is 0 Å². The molecule has 0 unspecified atom stereocenters. The van der Waals surface area contributed by atoms with Crippen LogP contribution in [0.4, 0.5) is 0 Å². The Morgan fingerprint density at radius 3 is 2.29 bits per heavy atom. The highest BCUT2D eigenvalue weighted by Gasteiger charge is 1.97. The van der Waals surface area contributed by atoms with Crippen LogP contribution in [0.25, 0.3) is 0 Å². The Morgan fingerprint density at radius 1 is 1.14 bits per heavy atom. The summed E-state index contributed by atoms with van der Waals surface area (Å²) >= 11 is 0. The Kier molecular flexibility index (Phi) is 6.81. The number of hydrogen-bond acceptors (Lipinski definition) is 1. The third kappa shape index (κ3) is 7.59. The van der Waals surface area contributed by atoms with Crippen molar-refractivity contribution in [1.82, 2.24) is 0 Å². The Labute approximate surface area is 86.3 Å². The molecule has 0 aromatic carbocycles. The molecule has 0 saturated heterocycles. The van der Waals surface area contributed by atoms with Crippen molar-refractivity contribution >= 4 is 5.97 Å². The Bertz CT molecular complexity index is 237. The van der Waals surface area contributed by atoms with E-state index in [0.29, 0.717) is 6.42 Å². The van der Waals surface area contributed by atoms with Crippen molar-refractivity contribution in [3.05, 3.63) is 23.3 Å². The number of rotatable bonds is 6. The van der Waals surface area contributed by atoms with E-state index in [4.69, 9.17) is 5.11 Å². The second-order valence-electron chi connectivity index (χ2n) is 3.62. The standard InChI is InChI=1S/C12H20O2/c1-4-10(2)6-5-7-11(3)8-9-12(13)14/h4,7H,5-6,8-9H2,1-3H3,(H,13,14)/b10-4-,11-7-. The summed E-state index contributed by atoms with van der Waals surface area (Å²) in [6.07, 6.45) is 7.24. The molecule has 0 amide bonds. The summed E-state index contributed by atoms with van der Waals surface area (Å²) < 4.78 is 0. The maximum atomic E-state index is 10.3. The maximum Gasteiger partial charge on any atom is 0.303 e. The largest absolute Gasteiger partial charge is 0.481 e. The van der Waals surface area contributed by atoms with Crippen LogP contribution < -0.4 is 0 Å². The predicted molar refractivity (Wildman–Crippen MR) is 59.3 cm³/mol. The lowest BCUT2D eigenvalue weighted by atomic mass is 10.1. The molecular weight excluding hydrogens is 176 g/mol. The van der Waals surface area contributed by atoms with Crippen LogP contribution in [0.2, 0.25) is 0 Å². The predicted octanol–water partition coefficient (Wildman–Crippen LogP) is 3.54. The van der Waals surface area contributed by atoms with Crippen LogP contribution in [-0.4, -0.2) is 11.1 Å². The van der Waals surface area contributed by atoms with E-state index >= 15 is 0 Å². The molecule has 14 heavy (non-hydrogen) atoms. The number of carboxylic acid groups (broad SMARTS) is 1. The minimum atomic E-state index is -0.720. The summed E-state index contributed by atoms with van der Waals surface area (Å²) in [5.41, 5.74) is 2.56. The molecule has 0 rings (SSSR count). The fraction of sp³-hybridized carbons (Fsp3) is 0.583. The highest BCUT2D eigenvalue weighted by atomic mass is 16.4. The van der Waals surface area contributed by atoms with E-state index in [1.54, 1.807) is 0 Å². The molecular formula is C12H20O2. The number of aliphatic carboxylic acids is 1. The van der Waals surface area contributed by atoms with E-state index in [-0.39, 0.29) is 6.42 Å². The molecule has 0 aliphatic carbocycles. The van der Waals surface area contributed by atoms with Crippen LogP contribution in [0.15, 0.2) is 23.3 Å². The monoisotopic (exact) mass is 196 g/mol. The van der Waals surface area contributed by atoms with Crippen molar-refractivity contribution in [2.45, 2.75) is 46.5 Å². The summed E-state index contributed by atoms with van der Waals surface area (Å²) in [6, 6.07) is 0. The Hall–Kier alpha value is -1.05. The molecule has 0 aromatic heterocycles. The summed E-state index contributed by atoms with van der Waals surface area (Å²) in [7, 11) is 0. The molecule has 0 bridgehead atoms. The van der Waals surface area contributed by atoms with Gasteiger partial charge in [0, 0.05) is 6.42 Å². The minimum Gasteiger partial charge on any atom is -0.481 e. The fourth-order valence-electron chi connectivity index (χ4n) is 1.10. The third-order valence-corrected chi connectivity index (χ3v) is 2.26. The SMILES string of the molecule is C/C=C(/C)CC/C=C(/C)CCC(=O)O. The van der Waals surface area contributed by atoms with Gasteiger partial charge in [-0.15, -0.1) is 0 Å². The second kappa shape index (κ2) is 7.36. The van der Waals surface area contributed by atoms with Crippen LogP contribution in [0.1, 0.15) is 46.5 Å². The fourth-order valence-corrected chi connectivity index (χ4v) is 1.10. The van der Waals surface area contributed by atoms with E-state index in [9.17, 15) is 4.79 Å². The average Bonchev–Trinajstić information content (AvgIpc) is 2.14. The third-order valence-electron chi connectivity index (χ3n) is 2.26. The maximum absolute atomic E-state index is 10.3. The second-order valence-corrected chi connectivity index (χ2v) is 3.62. The molecule has 0 fully saturated rings. The summed E-state index contributed by atoms with van der Waals surface area (Å²) in [6.45, 7) is 6.14. The molecule has 2 nitrogen and oxygen atoms in total. The number of hydrogen-bond donors (Lipinski definition) is 1. The summed E-state index contributed by atoms with van der Waals surface area (Å²) in [4.78, 5) is 10.3. The summed E-state index contributed by atoms with van der Waals surface area (Å²) in [5, 5.41) is 8.48. The first kappa shape index (κ1) is 12.9. The van der Waals surface area contributed by atoms with Gasteiger partial charge in [0.15, 0.2) is 0 Å². The molecule has 0 heterocycles. The minimum absolute atomic E-state index is 0.241. The van der Waals surface area contributed by atoms with E-state index in [2.05, 4.69) is 19.1 Å². The molecule has 0 radical (unpaired) electrons. The van der Waals surface area contributed by atoms with E-state index in [1.165, 1.54) is 11.1 Å². The highest BCUT2D eigenvalue weighted by molar-refractivity contribution is 5.66. The van der Waals surface area contributed by atoms with E-state index < -0.39 is 5.97 Å². The number of carboxylic acids is 1. The van der Waals surface area contributed by atoms with Crippen molar-refractivity contribution in [2.24, 2.45) is 0 Å². The van der Waals surface area contributed by atoms with Crippen LogP contribution in [0, 0.1) is 0 Å². The number of carbonyl (C=O) groups is 1. The molecule has 0 spiro atoms. The lowest BCUT2D eigenvalue weighted by Crippen LogP contribution is -1.94. The molecule has 80 valence electrons. The highest BCUT2D eigenvalue weighted by Crippen LogP contribution is 2.09. The summed E-state index contributed by atoms with van der Waals surface area (Å²) in [5.74, 6) is -0.720. The van der Waals surface area contributed by atoms with Crippen molar-refractivity contribution < 1.29 is 9.90 Å². The first-order valence-corrected chi connectivity index (χ1v) is 5.05. The van der Waals surface area contributed by atoms with Gasteiger partial charge in [0.1, 0.15) is 0 Å². The zero-order valence-electron chi connectivity index (χ0n) is 9.34. The topological polar surface area (TPSA) is 37.3 Å². The lowest BCUT2D eigenvalue weighted by molar-refractivity contribution is -0.136. The van der Waals surface area contributed by atoms with Gasteiger partial charge < -0.3 is 5.11 Å². The van der Waals surface area contributed by atoms with Crippen LogP contribution in [-0.2, 0) is 4.79 Å². The number of allylic oxidation sites excluding steroid dienone is 4. The van der Waals surface area contributed by atoms with Crippen LogP contribution >= 0.6 is 0 Å². The van der Waals surface area contributed by atoms with Gasteiger partial charge in [0.05, 0.1) is 0 Å². The zero-order chi connectivity index (χ0) is 11.0. The van der Waals surface area contributed by atoms with Crippen molar-refractivity contribution in [3.8, 4) is 0 Å². The lowest BCUT2D eigenvalue weighted by Gasteiger charge is -1.99. The van der Waals surface area contributed by atoms with Gasteiger partial charge in [0.25, 0.3) is 0 Å². The van der Waals surface area contributed by atoms with Crippen LogP contribution in [0.5, 0.6) is 0 Å². The zero-order valence-corrected chi connectivity index (χ0v) is 9.34.